The molecule has 0 saturated carbocycles. The predicted molar refractivity (Wildman–Crippen MR) is 160 cm³/mol. The van der Waals surface area contributed by atoms with Gasteiger partial charge < -0.3 is 4.42 Å². The summed E-state index contributed by atoms with van der Waals surface area (Å²) in [5.74, 6) is -1.23. The van der Waals surface area contributed by atoms with E-state index in [1.165, 1.54) is 27.0 Å². The molecule has 0 bridgehead atoms. The average Bonchev–Trinajstić information content (AvgIpc) is 3.42. The summed E-state index contributed by atoms with van der Waals surface area (Å²) < 4.78 is 36.7. The third-order valence-electron chi connectivity index (χ3n) is 7.65. The highest BCUT2D eigenvalue weighted by Gasteiger charge is 2.32. The molecule has 6 aromatic rings. The Labute approximate surface area is 230 Å². The summed E-state index contributed by atoms with van der Waals surface area (Å²) in [5, 5.41) is 1.45. The van der Waals surface area contributed by atoms with Gasteiger partial charge in [-0.3, -0.25) is 4.98 Å². The van der Waals surface area contributed by atoms with E-state index in [2.05, 4.69) is 47.8 Å². The van der Waals surface area contributed by atoms with Gasteiger partial charge in [0, 0.05) is 26.1 Å². The molecule has 0 spiro atoms. The lowest BCUT2D eigenvalue weighted by Gasteiger charge is -2.28. The Balaban J connectivity index is 1.48. The van der Waals surface area contributed by atoms with E-state index in [1.807, 2.05) is 18.2 Å². The molecule has 2 nitrogen and oxygen atoms in total. The van der Waals surface area contributed by atoms with E-state index in [4.69, 9.17) is 28.0 Å². The zero-order chi connectivity index (χ0) is 27.2. The van der Waals surface area contributed by atoms with Crippen molar-refractivity contribution in [3.63, 3.8) is 0 Å². The molecule has 7 rings (SSSR count). The molecule has 0 atom stereocenters. The Morgan fingerprint density at radius 2 is 1.44 bits per heavy atom. The van der Waals surface area contributed by atoms with Crippen molar-refractivity contribution in [1.82, 2.24) is 4.98 Å². The van der Waals surface area contributed by atoms with E-state index in [0.29, 0.717) is 22.3 Å². The second-order valence-electron chi connectivity index (χ2n) is 10.1. The molecule has 0 amide bonds. The van der Waals surface area contributed by atoms with E-state index in [9.17, 15) is 4.39 Å². The maximum Gasteiger partial charge on any atom is 0.146 e. The van der Waals surface area contributed by atoms with E-state index < -0.39 is 21.7 Å². The smallest absolute Gasteiger partial charge is 0.146 e. The van der Waals surface area contributed by atoms with Crippen LogP contribution >= 0.6 is 10.0 Å². The number of pyridine rings is 1. The van der Waals surface area contributed by atoms with E-state index in [-0.39, 0.29) is 22.2 Å². The third kappa shape index (κ3) is 3.34. The molecule has 182 valence electrons. The van der Waals surface area contributed by atoms with Gasteiger partial charge >= 0.3 is 0 Å². The van der Waals surface area contributed by atoms with E-state index >= 15 is 4.39 Å². The van der Waals surface area contributed by atoms with Gasteiger partial charge in [0.2, 0.25) is 0 Å². The monoisotopic (exact) mass is 523 g/mol. The van der Waals surface area contributed by atoms with Crippen LogP contribution in [0.4, 0.5) is 8.78 Å². The highest BCUT2D eigenvalue weighted by Crippen LogP contribution is 2.67. The van der Waals surface area contributed by atoms with Crippen LogP contribution in [-0.4, -0.2) is 41.0 Å². The standard InChI is InChI=1S/C31H18B3F2NOS/c1-39(2)22-9-4-3-6-16(22)17-11-10-15(14-23(17)39)24-21(35)13-12-19-18-7-5-8-20(29(18)38-30(19)24)28-25(32)27(36)26(33)31(34)37-28/h3-14H,1-2H3. The highest BCUT2D eigenvalue weighted by atomic mass is 32.3. The van der Waals surface area contributed by atoms with Gasteiger partial charge in [-0.15, -0.1) is 0 Å². The summed E-state index contributed by atoms with van der Waals surface area (Å²) in [6, 6.07) is 23.1. The van der Waals surface area contributed by atoms with Gasteiger partial charge in [-0.2, -0.15) is 10.0 Å². The number of para-hydroxylation sites is 1. The first kappa shape index (κ1) is 24.3. The molecule has 0 N–H and O–H groups in total. The number of aromatic nitrogens is 1. The van der Waals surface area contributed by atoms with Crippen LogP contribution < -0.4 is 16.5 Å². The largest absolute Gasteiger partial charge is 0.455 e. The molecule has 6 radical (unpaired) electrons. The summed E-state index contributed by atoms with van der Waals surface area (Å²) >= 11 is 0. The Bertz CT molecular complexity index is 2020. The van der Waals surface area contributed by atoms with Crippen molar-refractivity contribution in [2.45, 2.75) is 9.79 Å². The number of rotatable bonds is 2. The van der Waals surface area contributed by atoms with Gasteiger partial charge in [-0.25, -0.2) is 8.78 Å². The molecular weight excluding hydrogens is 505 g/mol. The molecule has 0 fully saturated rings. The van der Waals surface area contributed by atoms with Gasteiger partial charge in [0.15, 0.2) is 0 Å². The lowest BCUT2D eigenvalue weighted by atomic mass is 9.78. The molecule has 39 heavy (non-hydrogen) atoms. The van der Waals surface area contributed by atoms with Crippen molar-refractivity contribution >= 4 is 72.0 Å². The first-order valence-corrected chi connectivity index (χ1v) is 14.7. The Kier molecular flexibility index (Phi) is 5.21. The molecule has 3 heterocycles. The highest BCUT2D eigenvalue weighted by molar-refractivity contribution is 8.33. The molecule has 1 aliphatic rings. The molecule has 0 unspecified atom stereocenters. The fourth-order valence-corrected chi connectivity index (χ4v) is 8.21. The minimum Gasteiger partial charge on any atom is -0.455 e. The fourth-order valence-electron chi connectivity index (χ4n) is 5.68. The zero-order valence-corrected chi connectivity index (χ0v) is 22.0. The maximum absolute atomic E-state index is 15.6. The Morgan fingerprint density at radius 3 is 2.26 bits per heavy atom. The van der Waals surface area contributed by atoms with Crippen LogP contribution in [-0.2, 0) is 0 Å². The van der Waals surface area contributed by atoms with Crippen LogP contribution in [0.15, 0.2) is 87.0 Å². The van der Waals surface area contributed by atoms with Crippen molar-refractivity contribution in [2.75, 3.05) is 12.5 Å². The maximum atomic E-state index is 15.6. The quantitative estimate of drug-likeness (QED) is 0.283. The van der Waals surface area contributed by atoms with Gasteiger partial charge in [-0.05, 0) is 70.6 Å². The number of fused-ring (bicyclic) bond motifs is 6. The van der Waals surface area contributed by atoms with E-state index in [1.54, 1.807) is 18.2 Å². The summed E-state index contributed by atoms with van der Waals surface area (Å²) in [6.45, 7) is 0. The van der Waals surface area contributed by atoms with Crippen molar-refractivity contribution in [2.24, 2.45) is 0 Å². The molecule has 4 aromatic carbocycles. The molecule has 0 aliphatic carbocycles. The lowest BCUT2D eigenvalue weighted by molar-refractivity contribution is 0.622. The van der Waals surface area contributed by atoms with Crippen LogP contribution in [0.25, 0.3) is 55.4 Å². The first-order valence-electron chi connectivity index (χ1n) is 12.3. The Morgan fingerprint density at radius 1 is 0.718 bits per heavy atom. The minimum atomic E-state index is -1.28. The minimum absolute atomic E-state index is 0.117. The number of halogens is 2. The fraction of sp³-hybridized carbons (Fsp3) is 0.0645. The van der Waals surface area contributed by atoms with E-state index in [0.717, 1.165) is 16.3 Å². The van der Waals surface area contributed by atoms with Crippen LogP contribution in [0.3, 0.4) is 0 Å². The molecule has 8 heteroatoms. The molecule has 0 saturated heterocycles. The molecule has 2 aromatic heterocycles. The SMILES string of the molecule is [B]c1nc(-c2cccc3c2oc2c(-c4ccc5c(c4)S(C)(C)c4ccccc4-5)c(F)ccc23)c([B])c(F)c1[B]. The topological polar surface area (TPSA) is 26.0 Å². The zero-order valence-electron chi connectivity index (χ0n) is 21.2. The number of nitrogens with zero attached hydrogens (tertiary/aromatic N) is 1. The second kappa shape index (κ2) is 8.36. The predicted octanol–water partition coefficient (Wildman–Crippen LogP) is 5.44. The number of furan rings is 1. The van der Waals surface area contributed by atoms with Crippen LogP contribution in [0.5, 0.6) is 0 Å². The van der Waals surface area contributed by atoms with Crippen LogP contribution in [0.1, 0.15) is 0 Å². The summed E-state index contributed by atoms with van der Waals surface area (Å²) in [5.41, 5.74) is 4.15. The van der Waals surface area contributed by atoms with Crippen LogP contribution in [0.2, 0.25) is 0 Å². The average molecular weight is 523 g/mol. The summed E-state index contributed by atoms with van der Waals surface area (Å²) in [4.78, 5) is 6.78. The lowest BCUT2D eigenvalue weighted by Crippen LogP contribution is -2.38. The van der Waals surface area contributed by atoms with Crippen molar-refractivity contribution in [1.29, 1.82) is 0 Å². The third-order valence-corrected chi connectivity index (χ3v) is 10.5. The van der Waals surface area contributed by atoms with Crippen molar-refractivity contribution in [3.8, 4) is 33.5 Å². The van der Waals surface area contributed by atoms with Crippen LogP contribution in [0, 0.1) is 11.6 Å². The van der Waals surface area contributed by atoms with Crippen molar-refractivity contribution < 1.29 is 13.2 Å². The second-order valence-corrected chi connectivity index (χ2v) is 13.6. The normalized spacial score (nSPS) is 14.5. The first-order chi connectivity index (χ1) is 18.7. The van der Waals surface area contributed by atoms with Gasteiger partial charge in [-0.1, -0.05) is 47.9 Å². The summed E-state index contributed by atoms with van der Waals surface area (Å²) in [7, 11) is 16.3. The number of hydrogen-bond acceptors (Lipinski definition) is 2. The molecular formula is C31H18B3F2NOS. The van der Waals surface area contributed by atoms with Gasteiger partial charge in [0.25, 0.3) is 0 Å². The van der Waals surface area contributed by atoms with Gasteiger partial charge in [0.1, 0.15) is 46.3 Å². The number of benzene rings is 4. The number of hydrogen-bond donors (Lipinski definition) is 0. The summed E-state index contributed by atoms with van der Waals surface area (Å²) in [6.07, 6.45) is 4.53. The molecule has 1 aliphatic heterocycles. The van der Waals surface area contributed by atoms with Crippen molar-refractivity contribution in [3.05, 3.63) is 84.4 Å². The Hall–Kier alpha value is -3.77. The van der Waals surface area contributed by atoms with Gasteiger partial charge in [0.05, 0.1) is 11.3 Å².